The number of nitrogens with one attached hydrogen (secondary N) is 1. The number of rotatable bonds is 7. The summed E-state index contributed by atoms with van der Waals surface area (Å²) in [5.41, 5.74) is 0.587. The van der Waals surface area contributed by atoms with Crippen molar-refractivity contribution in [2.45, 2.75) is 17.1 Å². The maximum Gasteiger partial charge on any atom is 0.237 e. The molecule has 0 fully saturated rings. The van der Waals surface area contributed by atoms with Crippen molar-refractivity contribution in [2.24, 2.45) is 0 Å². The number of thioether (sulfide) groups is 1. The van der Waals surface area contributed by atoms with Crippen molar-refractivity contribution in [3.8, 4) is 17.2 Å². The van der Waals surface area contributed by atoms with Crippen LogP contribution in [0, 0.1) is 0 Å². The summed E-state index contributed by atoms with van der Waals surface area (Å²) >= 11 is 1.47. The van der Waals surface area contributed by atoms with Crippen LogP contribution in [0.2, 0.25) is 0 Å². The van der Waals surface area contributed by atoms with E-state index in [-0.39, 0.29) is 11.2 Å². The number of methoxy groups -OCH3 is 3. The van der Waals surface area contributed by atoms with E-state index in [2.05, 4.69) is 5.32 Å². The molecule has 0 radical (unpaired) electrons. The lowest BCUT2D eigenvalue weighted by Crippen LogP contribution is -2.22. The molecular weight excluding hydrogens is 326 g/mol. The lowest BCUT2D eigenvalue weighted by Gasteiger charge is -2.15. The number of benzene rings is 2. The van der Waals surface area contributed by atoms with Crippen molar-refractivity contribution in [1.29, 1.82) is 0 Å². The molecule has 0 heterocycles. The van der Waals surface area contributed by atoms with E-state index < -0.39 is 0 Å². The minimum Gasteiger partial charge on any atom is -0.497 e. The summed E-state index contributed by atoms with van der Waals surface area (Å²) in [7, 11) is 4.77. The lowest BCUT2D eigenvalue weighted by molar-refractivity contribution is -0.115. The molecule has 0 spiro atoms. The standard InChI is InChI=1S/C18H21NO4S/c1-12(24-15-8-5-13(21-2)6-9-15)18(20)19-16-11-14(22-3)7-10-17(16)23-4/h5-12H,1-4H3,(H,19,20)/t12-/m0/s1. The molecule has 1 amide bonds. The first kappa shape index (κ1) is 18.0. The second-order valence-corrected chi connectivity index (χ2v) is 6.41. The highest BCUT2D eigenvalue weighted by molar-refractivity contribution is 8.00. The number of hydrogen-bond donors (Lipinski definition) is 1. The maximum absolute atomic E-state index is 12.5. The zero-order chi connectivity index (χ0) is 17.5. The molecule has 0 aliphatic rings. The highest BCUT2D eigenvalue weighted by Gasteiger charge is 2.17. The van der Waals surface area contributed by atoms with E-state index in [1.807, 2.05) is 31.2 Å². The Balaban J connectivity index is 2.05. The molecule has 2 rings (SSSR count). The summed E-state index contributed by atoms with van der Waals surface area (Å²) in [6.45, 7) is 1.86. The number of carbonyl (C=O) groups is 1. The number of carbonyl (C=O) groups excluding carboxylic acids is 1. The number of hydrogen-bond acceptors (Lipinski definition) is 5. The van der Waals surface area contributed by atoms with Crippen molar-refractivity contribution in [2.75, 3.05) is 26.6 Å². The van der Waals surface area contributed by atoms with Crippen LogP contribution >= 0.6 is 11.8 Å². The first-order valence-corrected chi connectivity index (χ1v) is 8.29. The van der Waals surface area contributed by atoms with E-state index in [0.717, 1.165) is 10.6 Å². The first-order valence-electron chi connectivity index (χ1n) is 7.41. The molecule has 0 aliphatic carbocycles. The normalized spacial score (nSPS) is 11.5. The van der Waals surface area contributed by atoms with Crippen molar-refractivity contribution >= 4 is 23.4 Å². The Labute approximate surface area is 146 Å². The molecule has 0 aromatic heterocycles. The number of ether oxygens (including phenoxy) is 3. The minimum atomic E-state index is -0.269. The highest BCUT2D eigenvalue weighted by atomic mass is 32.2. The van der Waals surface area contributed by atoms with E-state index >= 15 is 0 Å². The van der Waals surface area contributed by atoms with Gasteiger partial charge in [0.15, 0.2) is 0 Å². The average Bonchev–Trinajstić information content (AvgIpc) is 2.62. The van der Waals surface area contributed by atoms with Gasteiger partial charge in [0, 0.05) is 11.0 Å². The second-order valence-electron chi connectivity index (χ2n) is 4.99. The van der Waals surface area contributed by atoms with Crippen LogP contribution in [0.4, 0.5) is 5.69 Å². The molecule has 6 heteroatoms. The van der Waals surface area contributed by atoms with Crippen LogP contribution in [0.1, 0.15) is 6.92 Å². The smallest absolute Gasteiger partial charge is 0.237 e. The predicted molar refractivity (Wildman–Crippen MR) is 96.5 cm³/mol. The van der Waals surface area contributed by atoms with Crippen LogP contribution in [-0.4, -0.2) is 32.5 Å². The van der Waals surface area contributed by atoms with Gasteiger partial charge in [-0.05, 0) is 43.3 Å². The van der Waals surface area contributed by atoms with E-state index in [9.17, 15) is 4.79 Å². The molecule has 128 valence electrons. The Bertz CT molecular complexity index is 688. The van der Waals surface area contributed by atoms with Crippen LogP contribution in [-0.2, 0) is 4.79 Å². The van der Waals surface area contributed by atoms with Gasteiger partial charge in [0.2, 0.25) is 5.91 Å². The molecule has 0 unspecified atom stereocenters. The zero-order valence-corrected chi connectivity index (χ0v) is 15.0. The SMILES string of the molecule is COc1ccc(S[C@@H](C)C(=O)Nc2cc(OC)ccc2OC)cc1. The second kappa shape index (κ2) is 8.49. The summed E-state index contributed by atoms with van der Waals surface area (Å²) in [6.07, 6.45) is 0. The Hall–Kier alpha value is -2.34. The van der Waals surface area contributed by atoms with Crippen LogP contribution < -0.4 is 19.5 Å². The summed E-state index contributed by atoms with van der Waals surface area (Å²) < 4.78 is 15.6. The molecule has 0 bridgehead atoms. The summed E-state index contributed by atoms with van der Waals surface area (Å²) in [4.78, 5) is 13.5. The fourth-order valence-corrected chi connectivity index (χ4v) is 2.93. The summed E-state index contributed by atoms with van der Waals surface area (Å²) in [5, 5.41) is 2.62. The van der Waals surface area contributed by atoms with Crippen molar-refractivity contribution in [3.05, 3.63) is 42.5 Å². The molecule has 0 saturated heterocycles. The molecule has 2 aromatic rings. The predicted octanol–water partition coefficient (Wildman–Crippen LogP) is 3.83. The molecule has 1 N–H and O–H groups in total. The largest absolute Gasteiger partial charge is 0.497 e. The van der Waals surface area contributed by atoms with Gasteiger partial charge in [0.05, 0.1) is 32.3 Å². The molecule has 0 aliphatic heterocycles. The lowest BCUT2D eigenvalue weighted by atomic mass is 10.2. The molecule has 5 nitrogen and oxygen atoms in total. The van der Waals surface area contributed by atoms with Crippen LogP contribution in [0.15, 0.2) is 47.4 Å². The zero-order valence-electron chi connectivity index (χ0n) is 14.2. The first-order chi connectivity index (χ1) is 11.6. The van der Waals surface area contributed by atoms with Gasteiger partial charge in [-0.2, -0.15) is 0 Å². The van der Waals surface area contributed by atoms with Gasteiger partial charge >= 0.3 is 0 Å². The van der Waals surface area contributed by atoms with E-state index in [1.54, 1.807) is 39.5 Å². The fraction of sp³-hybridized carbons (Fsp3) is 0.278. The van der Waals surface area contributed by atoms with Gasteiger partial charge < -0.3 is 19.5 Å². The quantitative estimate of drug-likeness (QED) is 0.772. The van der Waals surface area contributed by atoms with Gasteiger partial charge in [-0.15, -0.1) is 11.8 Å². The number of amides is 1. The molecule has 0 saturated carbocycles. The van der Waals surface area contributed by atoms with Crippen LogP contribution in [0.25, 0.3) is 0 Å². The van der Waals surface area contributed by atoms with Gasteiger partial charge in [0.1, 0.15) is 17.2 Å². The molecule has 1 atom stereocenters. The van der Waals surface area contributed by atoms with Crippen LogP contribution in [0.5, 0.6) is 17.2 Å². The van der Waals surface area contributed by atoms with Crippen molar-refractivity contribution < 1.29 is 19.0 Å². The van der Waals surface area contributed by atoms with Gasteiger partial charge in [-0.1, -0.05) is 0 Å². The fourth-order valence-electron chi connectivity index (χ4n) is 2.06. The maximum atomic E-state index is 12.5. The van der Waals surface area contributed by atoms with Crippen molar-refractivity contribution in [3.63, 3.8) is 0 Å². The highest BCUT2D eigenvalue weighted by Crippen LogP contribution is 2.31. The van der Waals surface area contributed by atoms with E-state index in [0.29, 0.717) is 17.2 Å². The van der Waals surface area contributed by atoms with Crippen LogP contribution in [0.3, 0.4) is 0 Å². The van der Waals surface area contributed by atoms with E-state index in [1.165, 1.54) is 11.8 Å². The molecule has 24 heavy (non-hydrogen) atoms. The Morgan fingerprint density at radius 3 is 2.17 bits per heavy atom. The Kier molecular flexibility index (Phi) is 6.37. The van der Waals surface area contributed by atoms with Gasteiger partial charge in [0.25, 0.3) is 0 Å². The third-order valence-corrected chi connectivity index (χ3v) is 4.52. The Morgan fingerprint density at radius 1 is 0.958 bits per heavy atom. The van der Waals surface area contributed by atoms with Gasteiger partial charge in [-0.3, -0.25) is 4.79 Å². The Morgan fingerprint density at radius 2 is 1.58 bits per heavy atom. The van der Waals surface area contributed by atoms with Crippen molar-refractivity contribution in [1.82, 2.24) is 0 Å². The summed E-state index contributed by atoms with van der Waals surface area (Å²) in [6, 6.07) is 12.9. The third-order valence-electron chi connectivity index (χ3n) is 3.41. The third kappa shape index (κ3) is 4.58. The monoisotopic (exact) mass is 347 g/mol. The average molecular weight is 347 g/mol. The van der Waals surface area contributed by atoms with E-state index in [4.69, 9.17) is 14.2 Å². The molecule has 2 aromatic carbocycles. The topological polar surface area (TPSA) is 56.8 Å². The summed E-state index contributed by atoms with van der Waals surface area (Å²) in [5.74, 6) is 1.92. The molecular formula is C18H21NO4S. The van der Waals surface area contributed by atoms with Gasteiger partial charge in [-0.25, -0.2) is 0 Å². The minimum absolute atomic E-state index is 0.109. The number of anilines is 1.